The van der Waals surface area contributed by atoms with E-state index in [1.54, 1.807) is 15.8 Å². The quantitative estimate of drug-likeness (QED) is 0.770. The molecule has 1 fully saturated rings. The molecule has 0 saturated carbocycles. The fourth-order valence-corrected chi connectivity index (χ4v) is 3.70. The molecule has 0 bridgehead atoms. The molecule has 2 atom stereocenters. The number of aliphatic carboxylic acids is 1. The van der Waals surface area contributed by atoms with E-state index in [9.17, 15) is 19.8 Å². The van der Waals surface area contributed by atoms with Crippen molar-refractivity contribution < 1.29 is 19.8 Å². The Morgan fingerprint density at radius 2 is 2.00 bits per heavy atom. The maximum atomic E-state index is 12.6. The zero-order chi connectivity index (χ0) is 19.3. The van der Waals surface area contributed by atoms with Crippen LogP contribution in [0, 0.1) is 5.41 Å². The van der Waals surface area contributed by atoms with Crippen molar-refractivity contribution in [3.05, 3.63) is 54.4 Å². The molecule has 1 aliphatic rings. The van der Waals surface area contributed by atoms with E-state index in [4.69, 9.17) is 0 Å². The molecule has 1 amide bonds. The smallest absolute Gasteiger partial charge is 0.314 e. The van der Waals surface area contributed by atoms with E-state index in [0.717, 1.165) is 5.56 Å². The van der Waals surface area contributed by atoms with Gasteiger partial charge in [-0.2, -0.15) is 5.10 Å². The van der Waals surface area contributed by atoms with Gasteiger partial charge in [-0.3, -0.25) is 14.3 Å². The molecule has 27 heavy (non-hydrogen) atoms. The molecular formula is C20H25N3O4. The van der Waals surface area contributed by atoms with Gasteiger partial charge in [0.05, 0.1) is 6.10 Å². The topological polar surface area (TPSA) is 95.7 Å². The van der Waals surface area contributed by atoms with Gasteiger partial charge in [0, 0.05) is 38.4 Å². The predicted molar refractivity (Wildman–Crippen MR) is 98.9 cm³/mol. The molecule has 1 aromatic heterocycles. The van der Waals surface area contributed by atoms with E-state index in [0.29, 0.717) is 25.9 Å². The summed E-state index contributed by atoms with van der Waals surface area (Å²) in [6.45, 7) is 1.05. The Morgan fingerprint density at radius 1 is 1.22 bits per heavy atom. The molecule has 144 valence electrons. The summed E-state index contributed by atoms with van der Waals surface area (Å²) in [6, 6.07) is 11.1. The van der Waals surface area contributed by atoms with Crippen LogP contribution in [-0.4, -0.2) is 56.0 Å². The number of benzene rings is 1. The van der Waals surface area contributed by atoms with Crippen molar-refractivity contribution in [3.8, 4) is 0 Å². The summed E-state index contributed by atoms with van der Waals surface area (Å²) in [7, 11) is 0. The third-order valence-corrected chi connectivity index (χ3v) is 5.26. The molecule has 1 aliphatic heterocycles. The third kappa shape index (κ3) is 4.36. The summed E-state index contributed by atoms with van der Waals surface area (Å²) >= 11 is 0. The number of piperidine rings is 1. The van der Waals surface area contributed by atoms with Gasteiger partial charge in [-0.15, -0.1) is 0 Å². The Bertz CT molecular complexity index is 763. The molecule has 0 aliphatic carbocycles. The molecule has 2 N–H and O–H groups in total. The average Bonchev–Trinajstić information content (AvgIpc) is 3.17. The average molecular weight is 371 g/mol. The summed E-state index contributed by atoms with van der Waals surface area (Å²) in [5, 5.41) is 24.5. The first kappa shape index (κ1) is 19.1. The number of hydrogen-bond acceptors (Lipinski definition) is 4. The number of hydrogen-bond donors (Lipinski definition) is 2. The lowest BCUT2D eigenvalue weighted by molar-refractivity contribution is -0.165. The van der Waals surface area contributed by atoms with Crippen molar-refractivity contribution in [3.63, 3.8) is 0 Å². The van der Waals surface area contributed by atoms with Gasteiger partial charge >= 0.3 is 5.97 Å². The summed E-state index contributed by atoms with van der Waals surface area (Å²) in [4.78, 5) is 26.3. The number of aryl methyl sites for hydroxylation is 1. The Labute approximate surface area is 158 Å². The summed E-state index contributed by atoms with van der Waals surface area (Å²) in [6.07, 6.45) is 3.99. The van der Waals surface area contributed by atoms with Gasteiger partial charge in [0.15, 0.2) is 0 Å². The van der Waals surface area contributed by atoms with E-state index >= 15 is 0 Å². The van der Waals surface area contributed by atoms with Crippen LogP contribution in [0.1, 0.15) is 24.8 Å². The fraction of sp³-hybridized carbons (Fsp3) is 0.450. The van der Waals surface area contributed by atoms with Crippen LogP contribution in [0.2, 0.25) is 0 Å². The van der Waals surface area contributed by atoms with Crippen LogP contribution in [0.3, 0.4) is 0 Å². The number of aliphatic hydroxyl groups is 1. The van der Waals surface area contributed by atoms with Gasteiger partial charge in [-0.05, 0) is 30.9 Å². The SMILES string of the molecule is O=C(CCCn1cccn1)N1CC[C@@H](O)[C@](Cc2ccccc2)(C(=O)O)C1. The summed E-state index contributed by atoms with van der Waals surface area (Å²) in [5.74, 6) is -1.14. The number of carbonyl (C=O) groups excluding carboxylic acids is 1. The highest BCUT2D eigenvalue weighted by molar-refractivity contribution is 5.80. The molecule has 0 spiro atoms. The Kier molecular flexibility index (Phi) is 5.91. The van der Waals surface area contributed by atoms with Crippen LogP contribution in [0.4, 0.5) is 0 Å². The van der Waals surface area contributed by atoms with E-state index in [1.807, 2.05) is 42.6 Å². The van der Waals surface area contributed by atoms with Crippen LogP contribution >= 0.6 is 0 Å². The van der Waals surface area contributed by atoms with Crippen molar-refractivity contribution in [2.75, 3.05) is 13.1 Å². The number of likely N-dealkylation sites (tertiary alicyclic amines) is 1. The second kappa shape index (κ2) is 8.35. The van der Waals surface area contributed by atoms with Crippen molar-refractivity contribution in [1.82, 2.24) is 14.7 Å². The molecule has 0 radical (unpaired) electrons. The van der Waals surface area contributed by atoms with Crippen LogP contribution in [0.15, 0.2) is 48.8 Å². The molecule has 7 nitrogen and oxygen atoms in total. The number of nitrogens with zero attached hydrogens (tertiary/aromatic N) is 3. The highest BCUT2D eigenvalue weighted by atomic mass is 16.4. The van der Waals surface area contributed by atoms with E-state index < -0.39 is 17.5 Å². The van der Waals surface area contributed by atoms with Crippen LogP contribution in [0.25, 0.3) is 0 Å². The highest BCUT2D eigenvalue weighted by Crippen LogP contribution is 2.35. The molecule has 1 saturated heterocycles. The molecule has 2 aromatic rings. The molecule has 3 rings (SSSR count). The van der Waals surface area contributed by atoms with Gasteiger partial charge in [0.25, 0.3) is 0 Å². The minimum absolute atomic E-state index is 0.0268. The van der Waals surface area contributed by atoms with Crippen LogP contribution < -0.4 is 0 Å². The van der Waals surface area contributed by atoms with E-state index in [1.165, 1.54) is 0 Å². The van der Waals surface area contributed by atoms with Crippen molar-refractivity contribution in [2.45, 2.75) is 38.3 Å². The first-order valence-electron chi connectivity index (χ1n) is 9.22. The second-order valence-electron chi connectivity index (χ2n) is 7.12. The Morgan fingerprint density at radius 3 is 2.67 bits per heavy atom. The zero-order valence-corrected chi connectivity index (χ0v) is 15.2. The number of aromatic nitrogens is 2. The van der Waals surface area contributed by atoms with Gasteiger partial charge in [-0.1, -0.05) is 30.3 Å². The van der Waals surface area contributed by atoms with Gasteiger partial charge < -0.3 is 15.1 Å². The Hall–Kier alpha value is -2.67. The largest absolute Gasteiger partial charge is 0.481 e. The highest BCUT2D eigenvalue weighted by Gasteiger charge is 2.50. The first-order valence-corrected chi connectivity index (χ1v) is 9.22. The molecular weight excluding hydrogens is 346 g/mol. The number of carboxylic acids is 1. The van der Waals surface area contributed by atoms with Crippen molar-refractivity contribution in [2.24, 2.45) is 5.41 Å². The molecule has 2 heterocycles. The van der Waals surface area contributed by atoms with Crippen LogP contribution in [-0.2, 0) is 22.6 Å². The Balaban J connectivity index is 1.67. The maximum absolute atomic E-state index is 12.6. The summed E-state index contributed by atoms with van der Waals surface area (Å²) < 4.78 is 1.77. The normalized spacial score (nSPS) is 22.6. The number of rotatable bonds is 7. The molecule has 0 unspecified atom stereocenters. The number of carbonyl (C=O) groups is 2. The van der Waals surface area contributed by atoms with Gasteiger partial charge in [0.2, 0.25) is 5.91 Å². The number of amides is 1. The fourth-order valence-electron chi connectivity index (χ4n) is 3.70. The van der Waals surface area contributed by atoms with Gasteiger partial charge in [0.1, 0.15) is 5.41 Å². The standard InChI is InChI=1S/C20H25N3O4/c24-17-9-13-22(18(25)8-4-11-23-12-5-10-21-23)15-20(17,19(26)27)14-16-6-2-1-3-7-16/h1-3,5-7,10,12,17,24H,4,8-9,11,13-15H2,(H,26,27)/t17-,20-/m1/s1. The number of carboxylic acid groups (broad SMARTS) is 1. The minimum Gasteiger partial charge on any atom is -0.481 e. The lowest BCUT2D eigenvalue weighted by Crippen LogP contribution is -2.58. The maximum Gasteiger partial charge on any atom is 0.314 e. The molecule has 1 aromatic carbocycles. The van der Waals surface area contributed by atoms with Crippen molar-refractivity contribution >= 4 is 11.9 Å². The lowest BCUT2D eigenvalue weighted by atomic mass is 9.72. The minimum atomic E-state index is -1.38. The summed E-state index contributed by atoms with van der Waals surface area (Å²) in [5.41, 5.74) is -0.538. The molecule has 7 heteroatoms. The zero-order valence-electron chi connectivity index (χ0n) is 15.2. The van der Waals surface area contributed by atoms with E-state index in [-0.39, 0.29) is 25.3 Å². The monoisotopic (exact) mass is 371 g/mol. The third-order valence-electron chi connectivity index (χ3n) is 5.26. The van der Waals surface area contributed by atoms with E-state index in [2.05, 4.69) is 5.10 Å². The van der Waals surface area contributed by atoms with Crippen molar-refractivity contribution in [1.29, 1.82) is 0 Å². The van der Waals surface area contributed by atoms with Crippen LogP contribution in [0.5, 0.6) is 0 Å². The number of aliphatic hydroxyl groups excluding tert-OH is 1. The first-order chi connectivity index (χ1) is 13.0. The predicted octanol–water partition coefficient (Wildman–Crippen LogP) is 1.57. The van der Waals surface area contributed by atoms with Gasteiger partial charge in [-0.25, -0.2) is 0 Å². The lowest BCUT2D eigenvalue weighted by Gasteiger charge is -2.43. The second-order valence-corrected chi connectivity index (χ2v) is 7.12.